The van der Waals surface area contributed by atoms with Crippen molar-refractivity contribution >= 4 is 29.4 Å². The van der Waals surface area contributed by atoms with E-state index in [0.717, 1.165) is 46.2 Å². The van der Waals surface area contributed by atoms with E-state index in [9.17, 15) is 9.59 Å². The van der Waals surface area contributed by atoms with Gasteiger partial charge in [0.2, 0.25) is 5.71 Å². The summed E-state index contributed by atoms with van der Waals surface area (Å²) in [4.78, 5) is 28.0. The largest absolute Gasteiger partial charge is 0.456 e. The molecule has 0 unspecified atom stereocenters. The number of anilines is 1. The first kappa shape index (κ1) is 24.4. The standard InChI is InChI=1S/C32H26N2O5/c1-21-17-27-28(34-31(36)37-19-22-5-3-2-4-6-22)29(39-30(27)33-18-21)25-9-7-23(8-10-25)24-11-13-26(14-12-24)32(15-16-32)38-20-35/h2-14,17-18,20H,15-16,19H2,1H3,(H,34,36). The highest BCUT2D eigenvalue weighted by Crippen LogP contribution is 2.49. The molecule has 6 rings (SSSR count). The van der Waals surface area contributed by atoms with E-state index in [2.05, 4.69) is 10.3 Å². The molecule has 7 nitrogen and oxygen atoms in total. The minimum absolute atomic E-state index is 0.158. The first-order valence-electron chi connectivity index (χ1n) is 12.7. The molecule has 194 valence electrons. The van der Waals surface area contributed by atoms with E-state index in [1.807, 2.05) is 91.9 Å². The summed E-state index contributed by atoms with van der Waals surface area (Å²) in [7, 11) is 0. The summed E-state index contributed by atoms with van der Waals surface area (Å²) in [5.74, 6) is 0.503. The molecule has 1 saturated carbocycles. The van der Waals surface area contributed by atoms with E-state index in [4.69, 9.17) is 13.9 Å². The third kappa shape index (κ3) is 4.99. The minimum atomic E-state index is -0.576. The summed E-state index contributed by atoms with van der Waals surface area (Å²) in [6.45, 7) is 2.62. The molecule has 0 spiro atoms. The lowest BCUT2D eigenvalue weighted by molar-refractivity contribution is -0.136. The zero-order valence-corrected chi connectivity index (χ0v) is 21.3. The normalized spacial score (nSPS) is 13.6. The number of hydrogen-bond donors (Lipinski definition) is 1. The molecular weight excluding hydrogens is 492 g/mol. The lowest BCUT2D eigenvalue weighted by Crippen LogP contribution is -2.13. The summed E-state index contributed by atoms with van der Waals surface area (Å²) in [5, 5.41) is 3.58. The number of fused-ring (bicyclic) bond motifs is 1. The number of benzene rings is 3. The Morgan fingerprint density at radius 3 is 2.31 bits per heavy atom. The van der Waals surface area contributed by atoms with Gasteiger partial charge in [-0.15, -0.1) is 0 Å². The number of aromatic nitrogens is 1. The fourth-order valence-corrected chi connectivity index (χ4v) is 4.74. The van der Waals surface area contributed by atoms with Crippen LogP contribution in [0.15, 0.2) is 95.5 Å². The Bertz CT molecular complexity index is 1640. The number of rotatable bonds is 8. The molecule has 5 aromatic rings. The van der Waals surface area contributed by atoms with Crippen molar-refractivity contribution < 1.29 is 23.5 Å². The molecule has 1 aliphatic rings. The second-order valence-electron chi connectivity index (χ2n) is 9.72. The molecule has 2 heterocycles. The van der Waals surface area contributed by atoms with Gasteiger partial charge in [0, 0.05) is 11.8 Å². The van der Waals surface area contributed by atoms with Crippen LogP contribution in [0, 0.1) is 6.92 Å². The second kappa shape index (κ2) is 10.1. The zero-order valence-electron chi connectivity index (χ0n) is 21.3. The van der Waals surface area contributed by atoms with Crippen molar-refractivity contribution in [2.45, 2.75) is 32.0 Å². The summed E-state index contributed by atoms with van der Waals surface area (Å²) in [6, 6.07) is 27.4. The quantitative estimate of drug-likeness (QED) is 0.216. The molecule has 0 radical (unpaired) electrons. The van der Waals surface area contributed by atoms with Crippen molar-refractivity contribution in [2.24, 2.45) is 0 Å². The summed E-state index contributed by atoms with van der Waals surface area (Å²) in [5.41, 5.74) is 6.20. The summed E-state index contributed by atoms with van der Waals surface area (Å²) >= 11 is 0. The average Bonchev–Trinajstić information content (AvgIpc) is 3.68. The lowest BCUT2D eigenvalue weighted by Gasteiger charge is -2.14. The van der Waals surface area contributed by atoms with Gasteiger partial charge in [0.15, 0.2) is 5.76 Å². The van der Waals surface area contributed by atoms with Crippen molar-refractivity contribution in [3.63, 3.8) is 0 Å². The highest BCUT2D eigenvalue weighted by molar-refractivity contribution is 6.04. The number of carbonyl (C=O) groups excluding carboxylic acids is 2. The van der Waals surface area contributed by atoms with E-state index in [-0.39, 0.29) is 6.61 Å². The van der Waals surface area contributed by atoms with E-state index in [1.165, 1.54) is 0 Å². The topological polar surface area (TPSA) is 90.7 Å². The number of carbonyl (C=O) groups is 2. The predicted octanol–water partition coefficient (Wildman–Crippen LogP) is 7.38. The first-order valence-corrected chi connectivity index (χ1v) is 12.7. The number of hydrogen-bond acceptors (Lipinski definition) is 6. The number of aryl methyl sites for hydroxylation is 1. The van der Waals surface area contributed by atoms with Crippen molar-refractivity contribution in [3.05, 3.63) is 108 Å². The second-order valence-corrected chi connectivity index (χ2v) is 9.72. The Hall–Kier alpha value is -4.91. The molecule has 2 aromatic heterocycles. The molecule has 1 amide bonds. The van der Waals surface area contributed by atoms with Crippen molar-refractivity contribution in [2.75, 3.05) is 5.32 Å². The van der Waals surface area contributed by atoms with Crippen molar-refractivity contribution in [3.8, 4) is 22.5 Å². The number of nitrogens with one attached hydrogen (secondary N) is 1. The minimum Gasteiger partial charge on any atom is -0.456 e. The summed E-state index contributed by atoms with van der Waals surface area (Å²) in [6.07, 6.45) is 2.85. The van der Waals surface area contributed by atoms with Gasteiger partial charge in [-0.2, -0.15) is 0 Å². The van der Waals surface area contributed by atoms with Crippen LogP contribution in [0.5, 0.6) is 0 Å². The molecule has 0 atom stereocenters. The molecule has 1 N–H and O–H groups in total. The van der Waals surface area contributed by atoms with Gasteiger partial charge in [-0.1, -0.05) is 78.9 Å². The molecule has 1 fully saturated rings. The number of nitrogens with zero attached hydrogens (tertiary/aromatic N) is 1. The number of ether oxygens (including phenoxy) is 2. The highest BCUT2D eigenvalue weighted by Gasteiger charge is 2.46. The fourth-order valence-electron chi connectivity index (χ4n) is 4.74. The van der Waals surface area contributed by atoms with E-state index < -0.39 is 11.7 Å². The number of amides is 1. The SMILES string of the molecule is Cc1cnc2oc(-c3ccc(-c4ccc(C5(OC=O)CC5)cc4)cc3)c(NC(=O)OCc3ccccc3)c2c1. The van der Waals surface area contributed by atoms with Crippen LogP contribution < -0.4 is 5.32 Å². The van der Waals surface area contributed by atoms with Crippen LogP contribution in [-0.2, 0) is 26.5 Å². The maximum absolute atomic E-state index is 12.8. The molecule has 1 aliphatic carbocycles. The van der Waals surface area contributed by atoms with Crippen LogP contribution in [0.4, 0.5) is 10.5 Å². The molecule has 7 heteroatoms. The Kier molecular flexibility index (Phi) is 6.32. The smallest absolute Gasteiger partial charge is 0.412 e. The Morgan fingerprint density at radius 2 is 1.64 bits per heavy atom. The highest BCUT2D eigenvalue weighted by atomic mass is 16.6. The third-order valence-corrected chi connectivity index (χ3v) is 6.99. The summed E-state index contributed by atoms with van der Waals surface area (Å²) < 4.78 is 16.9. The van der Waals surface area contributed by atoms with Crippen LogP contribution >= 0.6 is 0 Å². The first-order chi connectivity index (χ1) is 19.0. The molecular formula is C32H26N2O5. The van der Waals surface area contributed by atoms with Gasteiger partial charge in [-0.25, -0.2) is 9.78 Å². The Morgan fingerprint density at radius 1 is 0.974 bits per heavy atom. The predicted molar refractivity (Wildman–Crippen MR) is 148 cm³/mol. The van der Waals surface area contributed by atoms with E-state index >= 15 is 0 Å². The van der Waals surface area contributed by atoms with Gasteiger partial charge in [-0.3, -0.25) is 10.1 Å². The number of furan rings is 1. The maximum atomic E-state index is 12.8. The van der Waals surface area contributed by atoms with Crippen LogP contribution in [0.3, 0.4) is 0 Å². The van der Waals surface area contributed by atoms with Crippen molar-refractivity contribution in [1.29, 1.82) is 0 Å². The molecule has 0 aliphatic heterocycles. The van der Waals surface area contributed by atoms with Gasteiger partial charge in [0.25, 0.3) is 6.47 Å². The Balaban J connectivity index is 1.26. The maximum Gasteiger partial charge on any atom is 0.412 e. The molecule has 3 aromatic carbocycles. The molecule has 0 saturated heterocycles. The van der Waals surface area contributed by atoms with Gasteiger partial charge < -0.3 is 13.9 Å². The third-order valence-electron chi connectivity index (χ3n) is 6.99. The Labute approximate surface area is 225 Å². The van der Waals surface area contributed by atoms with Crippen molar-refractivity contribution in [1.82, 2.24) is 4.98 Å². The zero-order chi connectivity index (χ0) is 26.8. The van der Waals surface area contributed by atoms with Crippen LogP contribution in [0.1, 0.15) is 29.5 Å². The fraction of sp³-hybridized carbons (Fsp3) is 0.156. The van der Waals surface area contributed by atoms with E-state index in [0.29, 0.717) is 29.0 Å². The average molecular weight is 519 g/mol. The van der Waals surface area contributed by atoms with Gasteiger partial charge in [-0.05, 0) is 53.6 Å². The van der Waals surface area contributed by atoms with Gasteiger partial charge >= 0.3 is 6.09 Å². The lowest BCUT2D eigenvalue weighted by atomic mass is 9.99. The molecule has 0 bridgehead atoms. The van der Waals surface area contributed by atoms with E-state index in [1.54, 1.807) is 6.20 Å². The monoisotopic (exact) mass is 518 g/mol. The van der Waals surface area contributed by atoms with Gasteiger partial charge in [0.05, 0.1) is 5.39 Å². The van der Waals surface area contributed by atoms with Gasteiger partial charge in [0.1, 0.15) is 17.9 Å². The van der Waals surface area contributed by atoms with Crippen LogP contribution in [0.2, 0.25) is 0 Å². The number of pyridine rings is 1. The van der Waals surface area contributed by atoms with Crippen LogP contribution in [-0.4, -0.2) is 17.5 Å². The molecule has 39 heavy (non-hydrogen) atoms. The van der Waals surface area contributed by atoms with Crippen LogP contribution in [0.25, 0.3) is 33.6 Å².